The molecule has 1 aliphatic rings. The number of hydrogen-bond acceptors (Lipinski definition) is 8. The highest BCUT2D eigenvalue weighted by molar-refractivity contribution is 6.06. The number of H-pyrrole nitrogens is 1. The second-order valence-corrected chi connectivity index (χ2v) is 9.75. The molecule has 1 amide bonds. The van der Waals surface area contributed by atoms with Gasteiger partial charge in [0.15, 0.2) is 5.82 Å². The Morgan fingerprint density at radius 1 is 1.18 bits per heavy atom. The summed E-state index contributed by atoms with van der Waals surface area (Å²) in [4.78, 5) is 31.5. The summed E-state index contributed by atoms with van der Waals surface area (Å²) >= 11 is 0. The zero-order valence-corrected chi connectivity index (χ0v) is 22.0. The van der Waals surface area contributed by atoms with Crippen molar-refractivity contribution in [3.8, 4) is 17.0 Å². The Kier molecular flexibility index (Phi) is 6.41. The Hall–Kier alpha value is -4.77. The molecule has 39 heavy (non-hydrogen) atoms. The smallest absolute Gasteiger partial charge is 0.238 e. The fourth-order valence-electron chi connectivity index (χ4n) is 4.69. The van der Waals surface area contributed by atoms with E-state index in [-0.39, 0.29) is 12.0 Å². The van der Waals surface area contributed by atoms with Crippen LogP contribution >= 0.6 is 0 Å². The van der Waals surface area contributed by atoms with Gasteiger partial charge in [0.05, 0.1) is 29.6 Å². The van der Waals surface area contributed by atoms with E-state index in [2.05, 4.69) is 35.6 Å². The number of aromatic amines is 1. The quantitative estimate of drug-likeness (QED) is 0.280. The number of fused-ring (bicyclic) bond motifs is 1. The SMILES string of the molecule is Cc1cnc(Nc2cc(C)n(C)n2)nc1-c1c[nH]c2c(NC(=O)CN3CC(Oc4cccnc4)C3)cccc12. The maximum absolute atomic E-state index is 12.8. The van der Waals surface area contributed by atoms with Crippen LogP contribution in [-0.4, -0.2) is 66.3 Å². The number of carbonyl (C=O) groups excluding carboxylic acids is 1. The second kappa shape index (κ2) is 10.2. The maximum Gasteiger partial charge on any atom is 0.238 e. The van der Waals surface area contributed by atoms with Gasteiger partial charge in [-0.1, -0.05) is 12.1 Å². The minimum absolute atomic E-state index is 0.0635. The summed E-state index contributed by atoms with van der Waals surface area (Å²) in [5, 5.41) is 11.6. The van der Waals surface area contributed by atoms with Gasteiger partial charge in [-0.15, -0.1) is 0 Å². The highest BCUT2D eigenvalue weighted by atomic mass is 16.5. The minimum atomic E-state index is -0.0752. The first-order valence-electron chi connectivity index (χ1n) is 12.7. The van der Waals surface area contributed by atoms with Crippen molar-refractivity contribution in [1.29, 1.82) is 0 Å². The van der Waals surface area contributed by atoms with Crippen LogP contribution in [-0.2, 0) is 11.8 Å². The van der Waals surface area contributed by atoms with Gasteiger partial charge in [-0.3, -0.25) is 19.4 Å². The summed E-state index contributed by atoms with van der Waals surface area (Å²) in [5.41, 5.74) is 5.27. The molecule has 198 valence electrons. The number of amides is 1. The number of aryl methyl sites for hydroxylation is 3. The van der Waals surface area contributed by atoms with Crippen molar-refractivity contribution in [2.75, 3.05) is 30.3 Å². The van der Waals surface area contributed by atoms with Crippen LogP contribution in [0.2, 0.25) is 0 Å². The van der Waals surface area contributed by atoms with Crippen LogP contribution in [0.15, 0.2) is 61.2 Å². The molecule has 4 aromatic heterocycles. The lowest BCUT2D eigenvalue weighted by molar-refractivity contribution is -0.119. The molecule has 11 heteroatoms. The van der Waals surface area contributed by atoms with E-state index in [4.69, 9.17) is 9.72 Å². The van der Waals surface area contributed by atoms with E-state index in [1.165, 1.54) is 0 Å². The molecule has 0 atom stereocenters. The van der Waals surface area contributed by atoms with Crippen LogP contribution in [0, 0.1) is 13.8 Å². The van der Waals surface area contributed by atoms with Crippen LogP contribution in [0.25, 0.3) is 22.2 Å². The number of pyridine rings is 1. The molecule has 3 N–H and O–H groups in total. The molecule has 0 saturated carbocycles. The Morgan fingerprint density at radius 3 is 2.82 bits per heavy atom. The molecular formula is C28H29N9O2. The summed E-state index contributed by atoms with van der Waals surface area (Å²) in [7, 11) is 1.89. The van der Waals surface area contributed by atoms with Crippen LogP contribution in [0.4, 0.5) is 17.5 Å². The third-order valence-corrected chi connectivity index (χ3v) is 6.80. The zero-order chi connectivity index (χ0) is 26.9. The number of likely N-dealkylation sites (tertiary alicyclic amines) is 1. The molecule has 1 fully saturated rings. The van der Waals surface area contributed by atoms with Crippen molar-refractivity contribution in [1.82, 2.24) is 34.6 Å². The van der Waals surface area contributed by atoms with Gasteiger partial charge in [0.25, 0.3) is 0 Å². The van der Waals surface area contributed by atoms with Crippen LogP contribution in [0.3, 0.4) is 0 Å². The maximum atomic E-state index is 12.8. The number of aromatic nitrogens is 6. The first-order chi connectivity index (χ1) is 18.9. The topological polar surface area (TPSA) is 126 Å². The van der Waals surface area contributed by atoms with E-state index in [1.54, 1.807) is 23.3 Å². The predicted octanol–water partition coefficient (Wildman–Crippen LogP) is 3.82. The minimum Gasteiger partial charge on any atom is -0.486 e. The molecule has 6 rings (SSSR count). The lowest BCUT2D eigenvalue weighted by Crippen LogP contribution is -2.55. The number of para-hydroxylation sites is 1. The summed E-state index contributed by atoms with van der Waals surface area (Å²) in [6.07, 6.45) is 7.19. The van der Waals surface area contributed by atoms with Gasteiger partial charge >= 0.3 is 0 Å². The number of hydrogen-bond donors (Lipinski definition) is 3. The molecule has 5 heterocycles. The molecule has 1 saturated heterocycles. The summed E-state index contributed by atoms with van der Waals surface area (Å²) in [6, 6.07) is 11.5. The Morgan fingerprint density at radius 2 is 2.05 bits per heavy atom. The normalized spacial score (nSPS) is 13.8. The number of anilines is 3. The van der Waals surface area contributed by atoms with Crippen molar-refractivity contribution < 1.29 is 9.53 Å². The van der Waals surface area contributed by atoms with Crippen LogP contribution < -0.4 is 15.4 Å². The monoisotopic (exact) mass is 523 g/mol. The molecule has 0 unspecified atom stereocenters. The van der Waals surface area contributed by atoms with Crippen molar-refractivity contribution in [3.63, 3.8) is 0 Å². The van der Waals surface area contributed by atoms with E-state index in [9.17, 15) is 4.79 Å². The molecule has 0 bridgehead atoms. The van der Waals surface area contributed by atoms with E-state index in [0.29, 0.717) is 31.4 Å². The van der Waals surface area contributed by atoms with Crippen molar-refractivity contribution in [2.45, 2.75) is 20.0 Å². The third-order valence-electron chi connectivity index (χ3n) is 6.80. The predicted molar refractivity (Wildman–Crippen MR) is 149 cm³/mol. The fraction of sp³-hybridized carbons (Fsp3) is 0.250. The standard InChI is InChI=1S/C28H29N9O2/c1-17-11-31-28(33-24-10-18(2)36(3)35-24)34-26(17)22-13-30-27-21(22)7-4-8-23(27)32-25(38)16-37-14-20(15-37)39-19-6-5-9-29-12-19/h4-13,20,30H,14-16H2,1-3H3,(H,32,38)(H,31,33,34,35). The van der Waals surface area contributed by atoms with Gasteiger partial charge in [0.2, 0.25) is 11.9 Å². The lowest BCUT2D eigenvalue weighted by Gasteiger charge is -2.38. The summed E-state index contributed by atoms with van der Waals surface area (Å²) in [5.74, 6) is 1.82. The summed E-state index contributed by atoms with van der Waals surface area (Å²) in [6.45, 7) is 5.65. The number of benzene rings is 1. The fourth-order valence-corrected chi connectivity index (χ4v) is 4.69. The average Bonchev–Trinajstić information content (AvgIpc) is 3.47. The Bertz CT molecular complexity index is 1620. The van der Waals surface area contributed by atoms with Crippen LogP contribution in [0.5, 0.6) is 5.75 Å². The average molecular weight is 524 g/mol. The van der Waals surface area contributed by atoms with E-state index < -0.39 is 0 Å². The van der Waals surface area contributed by atoms with Gasteiger partial charge in [-0.05, 0) is 37.6 Å². The van der Waals surface area contributed by atoms with Gasteiger partial charge < -0.3 is 20.4 Å². The highest BCUT2D eigenvalue weighted by Crippen LogP contribution is 2.33. The second-order valence-electron chi connectivity index (χ2n) is 9.75. The molecule has 0 spiro atoms. The number of ether oxygens (including phenoxy) is 1. The Labute approximate surface area is 225 Å². The number of nitrogens with zero attached hydrogens (tertiary/aromatic N) is 6. The number of nitrogens with one attached hydrogen (secondary N) is 3. The molecule has 0 aliphatic carbocycles. The van der Waals surface area contributed by atoms with Gasteiger partial charge in [0.1, 0.15) is 11.9 Å². The molecule has 1 aromatic carbocycles. The highest BCUT2D eigenvalue weighted by Gasteiger charge is 2.30. The summed E-state index contributed by atoms with van der Waals surface area (Å²) < 4.78 is 7.68. The van der Waals surface area contributed by atoms with E-state index >= 15 is 0 Å². The van der Waals surface area contributed by atoms with Gasteiger partial charge in [-0.25, -0.2) is 9.97 Å². The third kappa shape index (κ3) is 5.16. The number of rotatable bonds is 8. The van der Waals surface area contributed by atoms with Crippen molar-refractivity contribution >= 4 is 34.3 Å². The largest absolute Gasteiger partial charge is 0.486 e. The van der Waals surface area contributed by atoms with Gasteiger partial charge in [0, 0.05) is 61.4 Å². The molecular weight excluding hydrogens is 494 g/mol. The van der Waals surface area contributed by atoms with Crippen molar-refractivity contribution in [2.24, 2.45) is 7.05 Å². The molecule has 1 aliphatic heterocycles. The zero-order valence-electron chi connectivity index (χ0n) is 22.0. The molecule has 11 nitrogen and oxygen atoms in total. The van der Waals surface area contributed by atoms with Gasteiger partial charge in [-0.2, -0.15) is 5.10 Å². The molecule has 5 aromatic rings. The van der Waals surface area contributed by atoms with Crippen molar-refractivity contribution in [3.05, 3.63) is 72.4 Å². The first-order valence-corrected chi connectivity index (χ1v) is 12.7. The van der Waals surface area contributed by atoms with E-state index in [1.807, 2.05) is 63.5 Å². The van der Waals surface area contributed by atoms with E-state index in [0.717, 1.165) is 44.9 Å². The molecule has 0 radical (unpaired) electrons. The van der Waals surface area contributed by atoms with Crippen LogP contribution in [0.1, 0.15) is 11.3 Å². The Balaban J connectivity index is 1.14. The lowest BCUT2D eigenvalue weighted by atomic mass is 10.1. The first kappa shape index (κ1) is 24.6. The number of carbonyl (C=O) groups is 1.